The molecule has 0 aromatic carbocycles. The first-order valence-electron chi connectivity index (χ1n) is 7.20. The van der Waals surface area contributed by atoms with E-state index in [0.29, 0.717) is 12.1 Å². The molecule has 17 heavy (non-hydrogen) atoms. The Morgan fingerprint density at radius 2 is 1.88 bits per heavy atom. The van der Waals surface area contributed by atoms with Crippen LogP contribution in [0.1, 0.15) is 58.3 Å². The number of rotatable bonds is 5. The van der Waals surface area contributed by atoms with Gasteiger partial charge in [-0.2, -0.15) is 0 Å². The summed E-state index contributed by atoms with van der Waals surface area (Å²) < 4.78 is 0. The highest BCUT2D eigenvalue weighted by Crippen LogP contribution is 2.36. The molecule has 0 bridgehead atoms. The predicted molar refractivity (Wildman–Crippen MR) is 68.0 cm³/mol. The molecule has 2 saturated carbocycles. The van der Waals surface area contributed by atoms with Gasteiger partial charge in [0, 0.05) is 12.1 Å². The fraction of sp³-hybridized carbons (Fsp3) is 0.929. The van der Waals surface area contributed by atoms with Gasteiger partial charge in [-0.3, -0.25) is 9.69 Å². The Morgan fingerprint density at radius 1 is 1.18 bits per heavy atom. The van der Waals surface area contributed by atoms with E-state index in [2.05, 4.69) is 11.8 Å². The van der Waals surface area contributed by atoms with Crippen molar-refractivity contribution >= 4 is 5.97 Å². The largest absolute Gasteiger partial charge is 0.480 e. The van der Waals surface area contributed by atoms with E-state index >= 15 is 0 Å². The van der Waals surface area contributed by atoms with Crippen LogP contribution in [0, 0.1) is 5.92 Å². The monoisotopic (exact) mass is 239 g/mol. The molecule has 0 aromatic rings. The Bertz CT molecular complexity index is 261. The molecule has 3 nitrogen and oxygen atoms in total. The zero-order chi connectivity index (χ0) is 12.3. The van der Waals surface area contributed by atoms with E-state index in [1.54, 1.807) is 0 Å². The fourth-order valence-electron chi connectivity index (χ4n) is 3.84. The van der Waals surface area contributed by atoms with Crippen LogP contribution in [0.4, 0.5) is 0 Å². The Balaban J connectivity index is 2.05. The highest BCUT2D eigenvalue weighted by atomic mass is 16.4. The van der Waals surface area contributed by atoms with Crippen molar-refractivity contribution in [2.24, 2.45) is 5.92 Å². The summed E-state index contributed by atoms with van der Waals surface area (Å²) in [7, 11) is 0. The summed E-state index contributed by atoms with van der Waals surface area (Å²) in [5.74, 6) is 0.0774. The van der Waals surface area contributed by atoms with Crippen molar-refractivity contribution in [1.82, 2.24) is 4.90 Å². The lowest BCUT2D eigenvalue weighted by atomic mass is 9.97. The topological polar surface area (TPSA) is 40.5 Å². The summed E-state index contributed by atoms with van der Waals surface area (Å²) in [6.45, 7) is 2.50. The van der Waals surface area contributed by atoms with Crippen LogP contribution >= 0.6 is 0 Å². The minimum Gasteiger partial charge on any atom is -0.480 e. The average molecular weight is 239 g/mol. The van der Waals surface area contributed by atoms with Crippen molar-refractivity contribution in [1.29, 1.82) is 0 Å². The van der Waals surface area contributed by atoms with Crippen molar-refractivity contribution in [3.05, 3.63) is 0 Å². The Hall–Kier alpha value is -0.570. The molecule has 1 N–H and O–H groups in total. The van der Waals surface area contributed by atoms with Gasteiger partial charge in [0.2, 0.25) is 0 Å². The average Bonchev–Trinajstić information content (AvgIpc) is 2.96. The van der Waals surface area contributed by atoms with E-state index in [1.807, 2.05) is 0 Å². The summed E-state index contributed by atoms with van der Waals surface area (Å²) >= 11 is 0. The van der Waals surface area contributed by atoms with E-state index < -0.39 is 5.97 Å². The standard InChI is InChI=1S/C14H25NO2/c1-2-11-6-5-9-13(11)15(10-14(16)17)12-7-3-4-8-12/h11-13H,2-10H2,1H3,(H,16,17). The second-order valence-electron chi connectivity index (χ2n) is 5.67. The molecule has 0 aromatic heterocycles. The number of aliphatic carboxylic acids is 1. The highest BCUT2D eigenvalue weighted by Gasteiger charge is 2.36. The molecule has 2 aliphatic carbocycles. The van der Waals surface area contributed by atoms with E-state index in [4.69, 9.17) is 5.11 Å². The van der Waals surface area contributed by atoms with E-state index in [1.165, 1.54) is 51.4 Å². The molecule has 2 aliphatic rings. The second kappa shape index (κ2) is 5.85. The van der Waals surface area contributed by atoms with Crippen molar-refractivity contribution in [3.8, 4) is 0 Å². The van der Waals surface area contributed by atoms with Crippen LogP contribution in [0.2, 0.25) is 0 Å². The van der Waals surface area contributed by atoms with Gasteiger partial charge < -0.3 is 5.11 Å². The second-order valence-corrected chi connectivity index (χ2v) is 5.67. The SMILES string of the molecule is CCC1CCCC1N(CC(=O)O)C1CCCC1. The third kappa shape index (κ3) is 3.01. The molecule has 2 atom stereocenters. The molecule has 2 fully saturated rings. The molecule has 2 rings (SSSR count). The molecular weight excluding hydrogens is 214 g/mol. The van der Waals surface area contributed by atoms with Gasteiger partial charge in [-0.1, -0.05) is 32.6 Å². The smallest absolute Gasteiger partial charge is 0.317 e. The Kier molecular flexibility index (Phi) is 4.43. The third-order valence-corrected chi connectivity index (χ3v) is 4.68. The summed E-state index contributed by atoms with van der Waals surface area (Å²) in [5, 5.41) is 9.12. The maximum Gasteiger partial charge on any atom is 0.317 e. The summed E-state index contributed by atoms with van der Waals surface area (Å²) in [6.07, 6.45) is 9.97. The van der Waals surface area contributed by atoms with Gasteiger partial charge in [0.1, 0.15) is 0 Å². The molecule has 0 radical (unpaired) electrons. The van der Waals surface area contributed by atoms with Crippen LogP contribution in [0.5, 0.6) is 0 Å². The summed E-state index contributed by atoms with van der Waals surface area (Å²) in [5.41, 5.74) is 0. The first-order valence-corrected chi connectivity index (χ1v) is 7.20. The zero-order valence-electron chi connectivity index (χ0n) is 10.9. The minimum absolute atomic E-state index is 0.256. The zero-order valence-corrected chi connectivity index (χ0v) is 10.9. The highest BCUT2D eigenvalue weighted by molar-refractivity contribution is 5.69. The van der Waals surface area contributed by atoms with Crippen LogP contribution in [-0.4, -0.2) is 34.6 Å². The summed E-state index contributed by atoms with van der Waals surface area (Å²) in [6, 6.07) is 1.09. The van der Waals surface area contributed by atoms with Crippen molar-refractivity contribution in [2.75, 3.05) is 6.54 Å². The Labute approximate surface area is 104 Å². The van der Waals surface area contributed by atoms with E-state index in [-0.39, 0.29) is 6.54 Å². The molecule has 98 valence electrons. The van der Waals surface area contributed by atoms with Crippen molar-refractivity contribution < 1.29 is 9.90 Å². The van der Waals surface area contributed by atoms with Gasteiger partial charge in [0.25, 0.3) is 0 Å². The third-order valence-electron chi connectivity index (χ3n) is 4.68. The predicted octanol–water partition coefficient (Wildman–Crippen LogP) is 2.89. The summed E-state index contributed by atoms with van der Waals surface area (Å²) in [4.78, 5) is 13.4. The lowest BCUT2D eigenvalue weighted by molar-refractivity contribution is -0.140. The van der Waals surface area contributed by atoms with E-state index in [0.717, 1.165) is 5.92 Å². The molecule has 0 amide bonds. The molecule has 0 heterocycles. The number of hydrogen-bond donors (Lipinski definition) is 1. The van der Waals surface area contributed by atoms with Crippen LogP contribution < -0.4 is 0 Å². The first-order chi connectivity index (χ1) is 8.22. The van der Waals surface area contributed by atoms with Crippen LogP contribution in [0.25, 0.3) is 0 Å². The fourth-order valence-corrected chi connectivity index (χ4v) is 3.84. The minimum atomic E-state index is -0.654. The van der Waals surface area contributed by atoms with Crippen LogP contribution in [0.3, 0.4) is 0 Å². The number of carboxylic acids is 1. The first kappa shape index (κ1) is 12.9. The molecule has 0 spiro atoms. The molecule has 3 heteroatoms. The molecule has 2 unspecified atom stereocenters. The van der Waals surface area contributed by atoms with Crippen molar-refractivity contribution in [2.45, 2.75) is 70.4 Å². The van der Waals surface area contributed by atoms with Gasteiger partial charge in [-0.05, 0) is 31.6 Å². The van der Waals surface area contributed by atoms with E-state index in [9.17, 15) is 4.79 Å². The van der Waals surface area contributed by atoms with Crippen molar-refractivity contribution in [3.63, 3.8) is 0 Å². The lowest BCUT2D eigenvalue weighted by Gasteiger charge is -2.36. The number of hydrogen-bond acceptors (Lipinski definition) is 2. The van der Waals surface area contributed by atoms with Gasteiger partial charge in [0.15, 0.2) is 0 Å². The maximum atomic E-state index is 11.1. The number of carbonyl (C=O) groups is 1. The maximum absolute atomic E-state index is 11.1. The molecular formula is C14H25NO2. The van der Waals surface area contributed by atoms with Gasteiger partial charge in [-0.25, -0.2) is 0 Å². The number of carboxylic acid groups (broad SMARTS) is 1. The normalized spacial score (nSPS) is 30.2. The molecule has 0 saturated heterocycles. The quantitative estimate of drug-likeness (QED) is 0.802. The molecule has 0 aliphatic heterocycles. The van der Waals surface area contributed by atoms with Crippen LogP contribution in [0.15, 0.2) is 0 Å². The lowest BCUT2D eigenvalue weighted by Crippen LogP contribution is -2.46. The Morgan fingerprint density at radius 3 is 2.47 bits per heavy atom. The van der Waals surface area contributed by atoms with Gasteiger partial charge in [0.05, 0.1) is 6.54 Å². The van der Waals surface area contributed by atoms with Crippen LogP contribution in [-0.2, 0) is 4.79 Å². The van der Waals surface area contributed by atoms with Gasteiger partial charge in [-0.15, -0.1) is 0 Å². The number of nitrogens with zero attached hydrogens (tertiary/aromatic N) is 1. The van der Waals surface area contributed by atoms with Gasteiger partial charge >= 0.3 is 5.97 Å².